The highest BCUT2D eigenvalue weighted by atomic mass is 19.4. The molecule has 2 rings (SSSR count). The molecule has 1 aliphatic carbocycles. The third-order valence-electron chi connectivity index (χ3n) is 3.57. The van der Waals surface area contributed by atoms with E-state index in [4.69, 9.17) is 0 Å². The van der Waals surface area contributed by atoms with Crippen LogP contribution in [0.4, 0.5) is 28.0 Å². The predicted octanol–water partition coefficient (Wildman–Crippen LogP) is 3.27. The van der Waals surface area contributed by atoms with Crippen LogP contribution in [0.3, 0.4) is 0 Å². The van der Waals surface area contributed by atoms with Crippen molar-refractivity contribution in [1.29, 1.82) is 0 Å². The van der Waals surface area contributed by atoms with Crippen LogP contribution in [0.1, 0.15) is 31.2 Å². The lowest BCUT2D eigenvalue weighted by Gasteiger charge is -2.26. The maximum absolute atomic E-state index is 13.0. The number of benzene rings is 1. The number of aliphatic hydroxyl groups is 1. The fourth-order valence-electron chi connectivity index (χ4n) is 2.42. The molecular weight excluding hydrogens is 304 g/mol. The van der Waals surface area contributed by atoms with Crippen molar-refractivity contribution in [2.24, 2.45) is 0 Å². The van der Waals surface area contributed by atoms with Crippen molar-refractivity contribution in [2.75, 3.05) is 5.32 Å². The Morgan fingerprint density at radius 1 is 1.18 bits per heavy atom. The van der Waals surface area contributed by atoms with Crippen molar-refractivity contribution in [3.63, 3.8) is 0 Å². The first kappa shape index (κ1) is 16.5. The quantitative estimate of drug-likeness (QED) is 0.733. The first-order chi connectivity index (χ1) is 10.3. The number of aliphatic hydroxyl groups excluding tert-OH is 1. The molecule has 0 radical (unpaired) electrons. The standard InChI is InChI=1S/C14H16F4N2O2/c15-8-1-6-12(11(7-8)14(16,17)18)20-13(22)19-9-2-4-10(21)5-3-9/h1,6-7,9-10,21H,2-5H2,(H2,19,20,22). The van der Waals surface area contributed by atoms with Crippen LogP contribution >= 0.6 is 0 Å². The zero-order valence-corrected chi connectivity index (χ0v) is 11.6. The van der Waals surface area contributed by atoms with Gasteiger partial charge in [0.15, 0.2) is 0 Å². The molecule has 1 saturated carbocycles. The van der Waals surface area contributed by atoms with Gasteiger partial charge in [0.05, 0.1) is 17.4 Å². The number of hydrogen-bond acceptors (Lipinski definition) is 2. The van der Waals surface area contributed by atoms with Gasteiger partial charge in [0.25, 0.3) is 0 Å². The molecule has 0 spiro atoms. The molecule has 8 heteroatoms. The molecule has 1 aromatic carbocycles. The molecule has 22 heavy (non-hydrogen) atoms. The highest BCUT2D eigenvalue weighted by Gasteiger charge is 2.34. The summed E-state index contributed by atoms with van der Waals surface area (Å²) >= 11 is 0. The summed E-state index contributed by atoms with van der Waals surface area (Å²) in [6.07, 6.45) is -2.96. The van der Waals surface area contributed by atoms with Gasteiger partial charge in [-0.1, -0.05) is 0 Å². The van der Waals surface area contributed by atoms with Crippen LogP contribution in [0.2, 0.25) is 0 Å². The van der Waals surface area contributed by atoms with Crippen molar-refractivity contribution in [3.05, 3.63) is 29.6 Å². The van der Waals surface area contributed by atoms with Crippen LogP contribution in [0.5, 0.6) is 0 Å². The average molecular weight is 320 g/mol. The molecule has 122 valence electrons. The van der Waals surface area contributed by atoms with Crippen LogP contribution in [0.15, 0.2) is 18.2 Å². The molecule has 0 atom stereocenters. The highest BCUT2D eigenvalue weighted by molar-refractivity contribution is 5.90. The largest absolute Gasteiger partial charge is 0.418 e. The van der Waals surface area contributed by atoms with Crippen molar-refractivity contribution in [3.8, 4) is 0 Å². The second-order valence-corrected chi connectivity index (χ2v) is 5.29. The first-order valence-electron chi connectivity index (χ1n) is 6.88. The zero-order chi connectivity index (χ0) is 16.3. The normalized spacial score (nSPS) is 22.2. The summed E-state index contributed by atoms with van der Waals surface area (Å²) in [4.78, 5) is 11.8. The zero-order valence-electron chi connectivity index (χ0n) is 11.6. The van der Waals surface area contributed by atoms with Gasteiger partial charge < -0.3 is 15.7 Å². The predicted molar refractivity (Wildman–Crippen MR) is 71.8 cm³/mol. The molecule has 2 amide bonds. The Bertz CT molecular complexity index is 540. The third kappa shape index (κ3) is 4.33. The lowest BCUT2D eigenvalue weighted by Crippen LogP contribution is -2.41. The fourth-order valence-corrected chi connectivity index (χ4v) is 2.42. The number of halogens is 4. The SMILES string of the molecule is O=C(Nc1ccc(F)cc1C(F)(F)F)NC1CCC(O)CC1. The van der Waals surface area contributed by atoms with Crippen molar-refractivity contribution >= 4 is 11.7 Å². The molecular formula is C14H16F4N2O2. The van der Waals surface area contributed by atoms with Crippen LogP contribution in [0, 0.1) is 5.82 Å². The van der Waals surface area contributed by atoms with E-state index in [2.05, 4.69) is 10.6 Å². The second-order valence-electron chi connectivity index (χ2n) is 5.29. The number of nitrogens with one attached hydrogen (secondary N) is 2. The minimum Gasteiger partial charge on any atom is -0.393 e. The van der Waals surface area contributed by atoms with Gasteiger partial charge in [-0.25, -0.2) is 9.18 Å². The minimum absolute atomic E-state index is 0.196. The third-order valence-corrected chi connectivity index (χ3v) is 3.57. The summed E-state index contributed by atoms with van der Waals surface area (Å²) in [6.45, 7) is 0. The van der Waals surface area contributed by atoms with E-state index in [1.165, 1.54) is 0 Å². The molecule has 4 nitrogen and oxygen atoms in total. The lowest BCUT2D eigenvalue weighted by atomic mass is 9.93. The van der Waals surface area contributed by atoms with E-state index in [1.807, 2.05) is 0 Å². The number of carbonyl (C=O) groups excluding carboxylic acids is 1. The van der Waals surface area contributed by atoms with Gasteiger partial charge in [0, 0.05) is 6.04 Å². The molecule has 0 aromatic heterocycles. The van der Waals surface area contributed by atoms with Gasteiger partial charge in [-0.2, -0.15) is 13.2 Å². The van der Waals surface area contributed by atoms with Crippen molar-refractivity contribution in [1.82, 2.24) is 5.32 Å². The molecule has 0 heterocycles. The summed E-state index contributed by atoms with van der Waals surface area (Å²) in [5.74, 6) is -1.03. The molecule has 1 aliphatic rings. The Hall–Kier alpha value is -1.83. The first-order valence-corrected chi connectivity index (χ1v) is 6.88. The van der Waals surface area contributed by atoms with Gasteiger partial charge in [0.1, 0.15) is 5.82 Å². The van der Waals surface area contributed by atoms with Crippen LogP contribution < -0.4 is 10.6 Å². The summed E-state index contributed by atoms with van der Waals surface area (Å²) < 4.78 is 51.4. The van der Waals surface area contributed by atoms with Crippen molar-refractivity contribution < 1.29 is 27.5 Å². The summed E-state index contributed by atoms with van der Waals surface area (Å²) in [6, 6.07) is 1.09. The Balaban J connectivity index is 2.02. The Kier molecular flexibility index (Phi) is 4.90. The van der Waals surface area contributed by atoms with Crippen LogP contribution in [-0.2, 0) is 6.18 Å². The van der Waals surface area contributed by atoms with Gasteiger partial charge in [-0.05, 0) is 43.9 Å². The molecule has 1 aromatic rings. The van der Waals surface area contributed by atoms with E-state index in [-0.39, 0.29) is 6.04 Å². The van der Waals surface area contributed by atoms with E-state index >= 15 is 0 Å². The van der Waals surface area contributed by atoms with Gasteiger partial charge in [0.2, 0.25) is 0 Å². The van der Waals surface area contributed by atoms with E-state index in [0.717, 1.165) is 12.1 Å². The van der Waals surface area contributed by atoms with Crippen molar-refractivity contribution in [2.45, 2.75) is 44.0 Å². The summed E-state index contributed by atoms with van der Waals surface area (Å²) in [5, 5.41) is 14.0. The number of hydrogen-bond donors (Lipinski definition) is 3. The molecule has 0 bridgehead atoms. The smallest absolute Gasteiger partial charge is 0.393 e. The topological polar surface area (TPSA) is 61.4 Å². The Morgan fingerprint density at radius 2 is 1.82 bits per heavy atom. The second kappa shape index (κ2) is 6.51. The monoisotopic (exact) mass is 320 g/mol. The Labute approximate surface area is 124 Å². The fraction of sp³-hybridized carbons (Fsp3) is 0.500. The van der Waals surface area contributed by atoms with E-state index in [0.29, 0.717) is 31.7 Å². The molecule has 0 saturated heterocycles. The van der Waals surface area contributed by atoms with E-state index in [1.54, 1.807) is 0 Å². The lowest BCUT2D eigenvalue weighted by molar-refractivity contribution is -0.137. The number of alkyl halides is 3. The minimum atomic E-state index is -4.76. The summed E-state index contributed by atoms with van der Waals surface area (Å²) in [7, 11) is 0. The molecule has 1 fully saturated rings. The molecule has 0 unspecified atom stereocenters. The Morgan fingerprint density at radius 3 is 2.41 bits per heavy atom. The van der Waals surface area contributed by atoms with Crippen LogP contribution in [-0.4, -0.2) is 23.3 Å². The highest BCUT2D eigenvalue weighted by Crippen LogP contribution is 2.35. The average Bonchev–Trinajstić information content (AvgIpc) is 2.42. The maximum Gasteiger partial charge on any atom is 0.418 e. The van der Waals surface area contributed by atoms with Crippen LogP contribution in [0.25, 0.3) is 0 Å². The number of urea groups is 1. The van der Waals surface area contributed by atoms with Gasteiger partial charge >= 0.3 is 12.2 Å². The number of amides is 2. The summed E-state index contributed by atoms with van der Waals surface area (Å²) in [5.41, 5.74) is -1.73. The van der Waals surface area contributed by atoms with E-state index in [9.17, 15) is 27.5 Å². The van der Waals surface area contributed by atoms with E-state index < -0.39 is 35.4 Å². The number of rotatable bonds is 2. The number of anilines is 1. The molecule has 0 aliphatic heterocycles. The maximum atomic E-state index is 13.0. The van der Waals surface area contributed by atoms with Gasteiger partial charge in [-0.3, -0.25) is 0 Å². The molecule has 3 N–H and O–H groups in total. The number of carbonyl (C=O) groups is 1. The van der Waals surface area contributed by atoms with Gasteiger partial charge in [-0.15, -0.1) is 0 Å².